The number of methoxy groups -OCH3 is 1. The Labute approximate surface area is 166 Å². The van der Waals surface area contributed by atoms with Crippen LogP contribution in [-0.2, 0) is 6.54 Å². The first-order chi connectivity index (χ1) is 13.9. The molecule has 156 valence electrons. The number of nitrogens with zero attached hydrogens (tertiary/aromatic N) is 3. The van der Waals surface area contributed by atoms with Crippen molar-refractivity contribution in [1.82, 2.24) is 9.88 Å². The summed E-state index contributed by atoms with van der Waals surface area (Å²) >= 11 is 0. The van der Waals surface area contributed by atoms with Gasteiger partial charge in [-0.25, -0.2) is 0 Å². The Morgan fingerprint density at radius 2 is 1.76 bits per heavy atom. The van der Waals surface area contributed by atoms with Crippen molar-refractivity contribution in [2.24, 2.45) is 5.10 Å². The Hall–Kier alpha value is -2.68. The summed E-state index contributed by atoms with van der Waals surface area (Å²) in [6.45, 7) is 4.35. The Bertz CT molecular complexity index is 888. The minimum atomic E-state index is -1.74. The minimum absolute atomic E-state index is 0.379. The second-order valence-electron chi connectivity index (χ2n) is 6.87. The van der Waals surface area contributed by atoms with Crippen molar-refractivity contribution in [3.63, 3.8) is 0 Å². The van der Waals surface area contributed by atoms with E-state index in [1.54, 1.807) is 26.2 Å². The van der Waals surface area contributed by atoms with Crippen LogP contribution in [0.4, 0.5) is 23.2 Å². The van der Waals surface area contributed by atoms with Crippen LogP contribution in [-0.4, -0.2) is 35.8 Å². The van der Waals surface area contributed by atoms with Crippen LogP contribution < -0.4 is 10.2 Å². The number of halogens is 4. The SMILES string of the molecule is COc1ccc(/C(C)=N\Nc2c(F)c(F)nc(F)c2F)cc1CN1CCCCC1. The molecule has 0 spiro atoms. The Morgan fingerprint density at radius 3 is 2.38 bits per heavy atom. The fourth-order valence-corrected chi connectivity index (χ4v) is 3.28. The molecule has 9 heteroatoms. The van der Waals surface area contributed by atoms with Crippen molar-refractivity contribution >= 4 is 11.4 Å². The first-order valence-electron chi connectivity index (χ1n) is 9.30. The number of rotatable bonds is 6. The van der Waals surface area contributed by atoms with E-state index in [0.29, 0.717) is 17.8 Å². The van der Waals surface area contributed by atoms with Crippen molar-refractivity contribution in [3.8, 4) is 5.75 Å². The van der Waals surface area contributed by atoms with Gasteiger partial charge in [-0.2, -0.15) is 27.6 Å². The van der Waals surface area contributed by atoms with Gasteiger partial charge in [-0.05, 0) is 56.6 Å². The normalized spacial score (nSPS) is 15.4. The van der Waals surface area contributed by atoms with E-state index in [1.165, 1.54) is 6.42 Å². The van der Waals surface area contributed by atoms with Crippen LogP contribution in [0.1, 0.15) is 37.3 Å². The number of aromatic nitrogens is 1. The maximum atomic E-state index is 13.7. The van der Waals surface area contributed by atoms with Gasteiger partial charge in [0.05, 0.1) is 12.8 Å². The van der Waals surface area contributed by atoms with E-state index in [9.17, 15) is 17.6 Å². The smallest absolute Gasteiger partial charge is 0.254 e. The van der Waals surface area contributed by atoms with Gasteiger partial charge in [-0.3, -0.25) is 10.3 Å². The van der Waals surface area contributed by atoms with Gasteiger partial charge in [0.2, 0.25) is 11.6 Å². The number of nitrogens with one attached hydrogen (secondary N) is 1. The average Bonchev–Trinajstić information content (AvgIpc) is 2.73. The molecule has 0 amide bonds. The number of hydrogen-bond acceptors (Lipinski definition) is 5. The van der Waals surface area contributed by atoms with E-state index in [2.05, 4.69) is 20.4 Å². The van der Waals surface area contributed by atoms with Crippen LogP contribution in [0.15, 0.2) is 23.3 Å². The molecule has 1 fully saturated rings. The van der Waals surface area contributed by atoms with E-state index >= 15 is 0 Å². The zero-order valence-corrected chi connectivity index (χ0v) is 16.2. The number of ether oxygens (including phenoxy) is 1. The fraction of sp³-hybridized carbons (Fsp3) is 0.400. The number of benzene rings is 1. The molecule has 5 nitrogen and oxygen atoms in total. The van der Waals surface area contributed by atoms with E-state index in [-0.39, 0.29) is 0 Å². The van der Waals surface area contributed by atoms with Crippen molar-refractivity contribution in [2.45, 2.75) is 32.7 Å². The molecule has 1 aromatic carbocycles. The summed E-state index contributed by atoms with van der Waals surface area (Å²) in [5, 5.41) is 3.88. The van der Waals surface area contributed by atoms with Crippen molar-refractivity contribution < 1.29 is 22.3 Å². The number of hydrazone groups is 1. The number of piperidine rings is 1. The second kappa shape index (κ2) is 9.21. The molecule has 0 atom stereocenters. The van der Waals surface area contributed by atoms with Gasteiger partial charge in [0, 0.05) is 12.1 Å². The van der Waals surface area contributed by atoms with Crippen molar-refractivity contribution in [1.29, 1.82) is 0 Å². The molecule has 1 N–H and O–H groups in total. The van der Waals surface area contributed by atoms with Gasteiger partial charge in [-0.15, -0.1) is 0 Å². The molecule has 0 unspecified atom stereocenters. The molecule has 1 aromatic heterocycles. The summed E-state index contributed by atoms with van der Waals surface area (Å²) in [5.74, 6) is -6.03. The summed E-state index contributed by atoms with van der Waals surface area (Å²) in [7, 11) is 1.59. The predicted molar refractivity (Wildman–Crippen MR) is 102 cm³/mol. The van der Waals surface area contributed by atoms with E-state index in [0.717, 1.165) is 37.2 Å². The molecular formula is C20H22F4N4O. The van der Waals surface area contributed by atoms with Crippen molar-refractivity contribution in [2.75, 3.05) is 25.6 Å². The average molecular weight is 410 g/mol. The molecule has 0 aliphatic carbocycles. The highest BCUT2D eigenvalue weighted by molar-refractivity contribution is 5.99. The molecule has 1 saturated heterocycles. The standard InChI is InChI=1S/C20H22F4N4O/c1-12(26-27-18-16(21)19(23)25-20(24)17(18)22)13-6-7-15(29-2)14(10-13)11-28-8-4-3-5-9-28/h6-7,10H,3-5,8-9,11H2,1-2H3,(H,25,27)/b26-12-. The number of hydrogen-bond donors (Lipinski definition) is 1. The quantitative estimate of drug-likeness (QED) is 0.331. The first kappa shape index (κ1) is 21.0. The van der Waals surface area contributed by atoms with Gasteiger partial charge >= 0.3 is 0 Å². The number of likely N-dealkylation sites (tertiary alicyclic amines) is 1. The molecule has 0 radical (unpaired) electrons. The molecule has 1 aliphatic rings. The van der Waals surface area contributed by atoms with Gasteiger partial charge in [0.1, 0.15) is 11.4 Å². The van der Waals surface area contributed by atoms with Crippen LogP contribution in [0, 0.1) is 23.5 Å². The van der Waals surface area contributed by atoms with E-state index in [1.807, 2.05) is 6.07 Å². The van der Waals surface area contributed by atoms with Crippen LogP contribution in [0.2, 0.25) is 0 Å². The van der Waals surface area contributed by atoms with E-state index < -0.39 is 29.2 Å². The molecule has 3 rings (SSSR count). The zero-order valence-electron chi connectivity index (χ0n) is 16.2. The third-order valence-corrected chi connectivity index (χ3v) is 4.87. The number of anilines is 1. The minimum Gasteiger partial charge on any atom is -0.496 e. The number of pyridine rings is 1. The highest BCUT2D eigenvalue weighted by Gasteiger charge is 2.20. The Morgan fingerprint density at radius 1 is 1.10 bits per heavy atom. The molecule has 2 aromatic rings. The highest BCUT2D eigenvalue weighted by atomic mass is 19.2. The lowest BCUT2D eigenvalue weighted by Gasteiger charge is -2.27. The van der Waals surface area contributed by atoms with Gasteiger partial charge < -0.3 is 4.74 Å². The lowest BCUT2D eigenvalue weighted by Crippen LogP contribution is -2.29. The van der Waals surface area contributed by atoms with Gasteiger partial charge in [0.25, 0.3) is 11.9 Å². The predicted octanol–water partition coefficient (Wildman–Crippen LogP) is 4.47. The molecule has 29 heavy (non-hydrogen) atoms. The topological polar surface area (TPSA) is 49.8 Å². The summed E-state index contributed by atoms with van der Waals surface area (Å²) in [6.07, 6.45) is 3.54. The maximum Gasteiger partial charge on any atom is 0.254 e. The monoisotopic (exact) mass is 410 g/mol. The highest BCUT2D eigenvalue weighted by Crippen LogP contribution is 2.25. The lowest BCUT2D eigenvalue weighted by atomic mass is 10.0. The lowest BCUT2D eigenvalue weighted by molar-refractivity contribution is 0.218. The maximum absolute atomic E-state index is 13.7. The Balaban J connectivity index is 1.83. The third-order valence-electron chi connectivity index (χ3n) is 4.87. The molecule has 0 saturated carbocycles. The zero-order chi connectivity index (χ0) is 21.0. The third kappa shape index (κ3) is 4.84. The van der Waals surface area contributed by atoms with Crippen LogP contribution >= 0.6 is 0 Å². The largest absolute Gasteiger partial charge is 0.496 e. The molecule has 0 bridgehead atoms. The summed E-state index contributed by atoms with van der Waals surface area (Å²) < 4.78 is 59.3. The van der Waals surface area contributed by atoms with Gasteiger partial charge in [0.15, 0.2) is 0 Å². The summed E-state index contributed by atoms with van der Waals surface area (Å²) in [6, 6.07) is 5.43. The summed E-state index contributed by atoms with van der Waals surface area (Å²) in [5.41, 5.74) is 3.05. The first-order valence-corrected chi connectivity index (χ1v) is 9.30. The van der Waals surface area contributed by atoms with Crippen molar-refractivity contribution in [3.05, 3.63) is 52.9 Å². The molecular weight excluding hydrogens is 388 g/mol. The fourth-order valence-electron chi connectivity index (χ4n) is 3.28. The van der Waals surface area contributed by atoms with Gasteiger partial charge in [-0.1, -0.05) is 6.42 Å². The van der Waals surface area contributed by atoms with Crippen LogP contribution in [0.25, 0.3) is 0 Å². The molecule has 1 aliphatic heterocycles. The van der Waals surface area contributed by atoms with E-state index in [4.69, 9.17) is 4.74 Å². The Kier molecular flexibility index (Phi) is 6.68. The second-order valence-corrected chi connectivity index (χ2v) is 6.87. The summed E-state index contributed by atoms with van der Waals surface area (Å²) in [4.78, 5) is 4.85. The van der Waals surface area contributed by atoms with Crippen LogP contribution in [0.3, 0.4) is 0 Å². The van der Waals surface area contributed by atoms with Crippen LogP contribution in [0.5, 0.6) is 5.75 Å². The molecule has 2 heterocycles.